The Morgan fingerprint density at radius 2 is 1.71 bits per heavy atom. The fourth-order valence-electron chi connectivity index (χ4n) is 3.53. The van der Waals surface area contributed by atoms with Gasteiger partial charge in [0.1, 0.15) is 11.4 Å². The summed E-state index contributed by atoms with van der Waals surface area (Å²) < 4.78 is 28.0. The van der Waals surface area contributed by atoms with E-state index < -0.39 is 21.4 Å². The molecule has 24 heavy (non-hydrogen) atoms. The summed E-state index contributed by atoms with van der Waals surface area (Å²) in [6.45, 7) is 0.921. The van der Waals surface area contributed by atoms with E-state index in [-0.39, 0.29) is 6.04 Å². The lowest BCUT2D eigenvalue weighted by molar-refractivity contribution is 0.0260. The van der Waals surface area contributed by atoms with Crippen LogP contribution in [0.5, 0.6) is 0 Å². The molecule has 0 aromatic heterocycles. The van der Waals surface area contributed by atoms with Crippen molar-refractivity contribution in [2.45, 2.75) is 30.4 Å². The van der Waals surface area contributed by atoms with E-state index in [0.29, 0.717) is 13.1 Å². The standard InChI is InChI=1S/C18H20N2O3S/c21-24(22)18-16(19-23-17(18)15-9-5-2-6-10-15)11-12-20(24)13-14-7-3-1-4-8-14/h1-10,16-19H,11-13H2/t16-,17-,18+/m1/s1. The number of nitrogens with zero attached hydrogens (tertiary/aromatic N) is 1. The molecule has 0 unspecified atom stereocenters. The Morgan fingerprint density at radius 3 is 2.42 bits per heavy atom. The van der Waals surface area contributed by atoms with Gasteiger partial charge in [-0.3, -0.25) is 4.84 Å². The normalized spacial score (nSPS) is 29.2. The zero-order chi connectivity index (χ0) is 16.6. The Hall–Kier alpha value is -1.73. The zero-order valence-corrected chi connectivity index (χ0v) is 14.0. The second-order valence-corrected chi connectivity index (χ2v) is 8.38. The Balaban J connectivity index is 1.63. The van der Waals surface area contributed by atoms with E-state index in [1.807, 2.05) is 60.7 Å². The van der Waals surface area contributed by atoms with Crippen LogP contribution in [0.3, 0.4) is 0 Å². The van der Waals surface area contributed by atoms with Gasteiger partial charge in [0.25, 0.3) is 0 Å². The lowest BCUT2D eigenvalue weighted by atomic mass is 10.0. The first kappa shape index (κ1) is 15.8. The van der Waals surface area contributed by atoms with E-state index in [9.17, 15) is 8.42 Å². The van der Waals surface area contributed by atoms with Gasteiger partial charge < -0.3 is 0 Å². The van der Waals surface area contributed by atoms with E-state index in [2.05, 4.69) is 5.48 Å². The monoisotopic (exact) mass is 344 g/mol. The lowest BCUT2D eigenvalue weighted by Crippen LogP contribution is -2.52. The minimum absolute atomic E-state index is 0.160. The minimum Gasteiger partial charge on any atom is -0.292 e. The summed E-state index contributed by atoms with van der Waals surface area (Å²) in [7, 11) is -3.45. The third kappa shape index (κ3) is 2.75. The third-order valence-corrected chi connectivity index (χ3v) is 7.06. The van der Waals surface area contributed by atoms with Gasteiger partial charge in [-0.1, -0.05) is 60.7 Å². The summed E-state index contributed by atoms with van der Waals surface area (Å²) in [5.41, 5.74) is 4.84. The zero-order valence-electron chi connectivity index (χ0n) is 13.2. The van der Waals surface area contributed by atoms with Crippen LogP contribution in [0.2, 0.25) is 0 Å². The SMILES string of the molecule is O=S1(=O)[C@@H]2[C@@H](c3ccccc3)ON[C@@H]2CCN1Cc1ccccc1. The van der Waals surface area contributed by atoms with Crippen LogP contribution in [0.4, 0.5) is 0 Å². The van der Waals surface area contributed by atoms with Gasteiger partial charge in [0.15, 0.2) is 0 Å². The molecule has 0 saturated carbocycles. The summed E-state index contributed by atoms with van der Waals surface area (Å²) in [6, 6.07) is 19.1. The molecule has 0 spiro atoms. The molecule has 2 heterocycles. The van der Waals surface area contributed by atoms with Crippen molar-refractivity contribution in [2.24, 2.45) is 0 Å². The van der Waals surface area contributed by atoms with Crippen LogP contribution in [0, 0.1) is 0 Å². The average Bonchev–Trinajstić information content (AvgIpc) is 3.05. The fraction of sp³-hybridized carbons (Fsp3) is 0.333. The van der Waals surface area contributed by atoms with Crippen LogP contribution in [0.1, 0.15) is 23.7 Å². The average molecular weight is 344 g/mol. The number of sulfonamides is 1. The smallest absolute Gasteiger partial charge is 0.221 e. The maximum atomic E-state index is 13.2. The van der Waals surface area contributed by atoms with Crippen molar-refractivity contribution >= 4 is 10.0 Å². The molecule has 2 aliphatic rings. The van der Waals surface area contributed by atoms with Crippen molar-refractivity contribution in [1.29, 1.82) is 0 Å². The molecule has 0 aliphatic carbocycles. The van der Waals surface area contributed by atoms with E-state index >= 15 is 0 Å². The summed E-state index contributed by atoms with van der Waals surface area (Å²) in [4.78, 5) is 5.66. The van der Waals surface area contributed by atoms with Crippen LogP contribution >= 0.6 is 0 Å². The molecule has 0 radical (unpaired) electrons. The van der Waals surface area contributed by atoms with Gasteiger partial charge in [-0.05, 0) is 17.5 Å². The van der Waals surface area contributed by atoms with Crippen molar-refractivity contribution in [3.05, 3.63) is 71.8 Å². The van der Waals surface area contributed by atoms with Gasteiger partial charge in [0.2, 0.25) is 10.0 Å². The number of fused-ring (bicyclic) bond motifs is 1. The van der Waals surface area contributed by atoms with Crippen LogP contribution in [0.25, 0.3) is 0 Å². The van der Waals surface area contributed by atoms with Crippen LogP contribution in [-0.4, -0.2) is 30.6 Å². The quantitative estimate of drug-likeness (QED) is 0.928. The van der Waals surface area contributed by atoms with Gasteiger partial charge in [-0.2, -0.15) is 9.79 Å². The van der Waals surface area contributed by atoms with Gasteiger partial charge in [0.05, 0.1) is 6.04 Å². The Morgan fingerprint density at radius 1 is 1.04 bits per heavy atom. The highest BCUT2D eigenvalue weighted by atomic mass is 32.2. The summed E-state index contributed by atoms with van der Waals surface area (Å²) in [6.07, 6.45) is 0.278. The maximum Gasteiger partial charge on any atom is 0.221 e. The molecule has 126 valence electrons. The molecule has 2 aromatic rings. The summed E-state index contributed by atoms with van der Waals surface area (Å²) >= 11 is 0. The number of hydrogen-bond acceptors (Lipinski definition) is 4. The van der Waals surface area contributed by atoms with Crippen molar-refractivity contribution < 1.29 is 13.3 Å². The fourth-order valence-corrected chi connectivity index (χ4v) is 5.70. The van der Waals surface area contributed by atoms with Gasteiger partial charge >= 0.3 is 0 Å². The molecule has 2 aliphatic heterocycles. The molecule has 6 heteroatoms. The highest BCUT2D eigenvalue weighted by Crippen LogP contribution is 2.38. The van der Waals surface area contributed by atoms with Crippen LogP contribution in [0.15, 0.2) is 60.7 Å². The molecular weight excluding hydrogens is 324 g/mol. The van der Waals surface area contributed by atoms with Crippen LogP contribution < -0.4 is 5.48 Å². The molecule has 0 amide bonds. The van der Waals surface area contributed by atoms with E-state index in [1.165, 1.54) is 0 Å². The first-order chi connectivity index (χ1) is 11.7. The molecule has 2 fully saturated rings. The summed E-state index contributed by atoms with van der Waals surface area (Å²) in [5, 5.41) is -0.586. The predicted molar refractivity (Wildman–Crippen MR) is 91.4 cm³/mol. The molecular formula is C18H20N2O3S. The predicted octanol–water partition coefficient (Wildman–Crippen LogP) is 2.24. The summed E-state index contributed by atoms with van der Waals surface area (Å²) in [5.74, 6) is 0. The Kier molecular flexibility index (Phi) is 4.14. The van der Waals surface area contributed by atoms with Crippen molar-refractivity contribution in [1.82, 2.24) is 9.79 Å². The Bertz CT molecular complexity index is 796. The largest absolute Gasteiger partial charge is 0.292 e. The van der Waals surface area contributed by atoms with Gasteiger partial charge in [0, 0.05) is 13.1 Å². The molecule has 1 N–H and O–H groups in total. The molecule has 5 nitrogen and oxygen atoms in total. The first-order valence-corrected chi connectivity index (χ1v) is 9.65. The number of nitrogens with one attached hydrogen (secondary N) is 1. The molecule has 0 bridgehead atoms. The lowest BCUT2D eigenvalue weighted by Gasteiger charge is -2.34. The second kappa shape index (κ2) is 6.29. The van der Waals surface area contributed by atoms with E-state index in [1.54, 1.807) is 4.31 Å². The molecule has 3 atom stereocenters. The molecule has 4 rings (SSSR count). The third-order valence-electron chi connectivity index (χ3n) is 4.76. The number of benzene rings is 2. The number of hydroxylamine groups is 1. The molecule has 2 saturated heterocycles. The highest BCUT2D eigenvalue weighted by Gasteiger charge is 2.51. The Labute approximate surface area is 142 Å². The van der Waals surface area contributed by atoms with Crippen molar-refractivity contribution in [3.63, 3.8) is 0 Å². The van der Waals surface area contributed by atoms with Gasteiger partial charge in [-0.15, -0.1) is 0 Å². The van der Waals surface area contributed by atoms with E-state index in [0.717, 1.165) is 17.5 Å². The molecule has 2 aromatic carbocycles. The maximum absolute atomic E-state index is 13.2. The van der Waals surface area contributed by atoms with Gasteiger partial charge in [-0.25, -0.2) is 8.42 Å². The topological polar surface area (TPSA) is 58.6 Å². The number of hydrogen-bond donors (Lipinski definition) is 1. The highest BCUT2D eigenvalue weighted by molar-refractivity contribution is 7.89. The number of rotatable bonds is 3. The van der Waals surface area contributed by atoms with Crippen LogP contribution in [-0.2, 0) is 21.4 Å². The van der Waals surface area contributed by atoms with Crippen molar-refractivity contribution in [3.8, 4) is 0 Å². The second-order valence-electron chi connectivity index (χ2n) is 6.29. The minimum atomic E-state index is -3.45. The van der Waals surface area contributed by atoms with Crippen molar-refractivity contribution in [2.75, 3.05) is 6.54 Å². The van der Waals surface area contributed by atoms with E-state index in [4.69, 9.17) is 4.84 Å². The first-order valence-electron chi connectivity index (χ1n) is 8.15.